The van der Waals surface area contributed by atoms with E-state index >= 15 is 0 Å². The minimum absolute atomic E-state index is 0.0302. The average molecular weight is 441 g/mol. The largest absolute Gasteiger partial charge is 0.458 e. The second-order valence-electron chi connectivity index (χ2n) is 7.16. The average Bonchev–Trinajstić information content (AvgIpc) is 3.09. The van der Waals surface area contributed by atoms with Crippen LogP contribution in [0.25, 0.3) is 10.8 Å². The van der Waals surface area contributed by atoms with Crippen molar-refractivity contribution in [2.75, 3.05) is 18.1 Å². The van der Waals surface area contributed by atoms with Gasteiger partial charge in [-0.15, -0.1) is 0 Å². The first-order valence-electron chi connectivity index (χ1n) is 10.1. The van der Waals surface area contributed by atoms with Gasteiger partial charge in [-0.25, -0.2) is 14.5 Å². The van der Waals surface area contributed by atoms with Gasteiger partial charge in [0.05, 0.1) is 27.9 Å². The maximum atomic E-state index is 13.2. The van der Waals surface area contributed by atoms with E-state index in [2.05, 4.69) is 13.2 Å². The van der Waals surface area contributed by atoms with Gasteiger partial charge in [0, 0.05) is 5.39 Å². The van der Waals surface area contributed by atoms with Crippen molar-refractivity contribution < 1.29 is 28.7 Å². The smallest absolute Gasteiger partial charge is 0.339 e. The topological polar surface area (TPSA) is 90.0 Å². The van der Waals surface area contributed by atoms with Crippen LogP contribution in [0.3, 0.4) is 0 Å². The number of hydrogen-bond acceptors (Lipinski definition) is 6. The molecule has 1 heterocycles. The van der Waals surface area contributed by atoms with Crippen LogP contribution in [0.2, 0.25) is 0 Å². The van der Waals surface area contributed by atoms with Gasteiger partial charge in [0.15, 0.2) is 0 Å². The Kier molecular flexibility index (Phi) is 5.87. The van der Waals surface area contributed by atoms with E-state index in [0.29, 0.717) is 22.0 Å². The molecule has 0 saturated heterocycles. The highest BCUT2D eigenvalue weighted by Crippen LogP contribution is 2.35. The fourth-order valence-corrected chi connectivity index (χ4v) is 3.68. The van der Waals surface area contributed by atoms with E-state index in [1.54, 1.807) is 36.4 Å². The molecule has 0 N–H and O–H groups in total. The zero-order valence-corrected chi connectivity index (χ0v) is 17.6. The van der Waals surface area contributed by atoms with E-state index in [4.69, 9.17) is 9.47 Å². The lowest BCUT2D eigenvalue weighted by Crippen LogP contribution is -2.29. The van der Waals surface area contributed by atoms with Crippen LogP contribution >= 0.6 is 0 Å². The molecule has 1 aliphatic heterocycles. The summed E-state index contributed by atoms with van der Waals surface area (Å²) in [4.78, 5) is 52.0. The third-order valence-electron chi connectivity index (χ3n) is 5.15. The number of benzene rings is 3. The lowest BCUT2D eigenvalue weighted by Gasteiger charge is -2.17. The molecular formula is C26H19NO6. The van der Waals surface area contributed by atoms with E-state index in [0.717, 1.165) is 4.90 Å². The second-order valence-corrected chi connectivity index (χ2v) is 7.16. The number of anilines is 1. The predicted octanol–water partition coefficient (Wildman–Crippen LogP) is 4.33. The molecule has 1 aliphatic rings. The Hall–Kier alpha value is -4.52. The van der Waals surface area contributed by atoms with Gasteiger partial charge >= 0.3 is 11.9 Å². The molecular weight excluding hydrogens is 422 g/mol. The fourth-order valence-electron chi connectivity index (χ4n) is 3.68. The number of amides is 2. The molecule has 0 unspecified atom stereocenters. The minimum atomic E-state index is -0.621. The van der Waals surface area contributed by atoms with E-state index in [-0.39, 0.29) is 29.9 Å². The van der Waals surface area contributed by atoms with E-state index in [9.17, 15) is 19.2 Å². The van der Waals surface area contributed by atoms with Gasteiger partial charge in [0.25, 0.3) is 11.8 Å². The van der Waals surface area contributed by atoms with Gasteiger partial charge in [0.2, 0.25) is 0 Å². The zero-order valence-electron chi connectivity index (χ0n) is 17.6. The molecule has 0 radical (unpaired) electrons. The summed E-state index contributed by atoms with van der Waals surface area (Å²) in [5.41, 5.74) is 1.07. The van der Waals surface area contributed by atoms with Crippen molar-refractivity contribution in [1.29, 1.82) is 0 Å². The Morgan fingerprint density at radius 1 is 0.788 bits per heavy atom. The molecule has 0 spiro atoms. The third-order valence-corrected chi connectivity index (χ3v) is 5.15. The molecule has 7 heteroatoms. The first kappa shape index (κ1) is 21.7. The summed E-state index contributed by atoms with van der Waals surface area (Å²) in [6.45, 7) is 7.11. The zero-order chi connectivity index (χ0) is 23.5. The SMILES string of the molecule is C=CCOC(=O)c1ccc2c(c1)C(=O)N(c1cccc3c(C(=O)OCC=C)cccc13)C2=O. The number of rotatable bonds is 7. The van der Waals surface area contributed by atoms with Crippen LogP contribution in [0.15, 0.2) is 79.9 Å². The standard InChI is InChI=1S/C26H19NO6/c1-3-13-32-25(30)16-11-12-19-21(15-16)24(29)27(23(19)28)22-10-6-7-17-18(22)8-5-9-20(17)26(31)33-14-4-2/h3-12,15H,1-2,13-14H2. The number of esters is 2. The Morgan fingerprint density at radius 2 is 1.42 bits per heavy atom. The van der Waals surface area contributed by atoms with Crippen LogP contribution in [0.5, 0.6) is 0 Å². The van der Waals surface area contributed by atoms with Crippen LogP contribution in [-0.2, 0) is 9.47 Å². The fraction of sp³-hybridized carbons (Fsp3) is 0.0769. The highest BCUT2D eigenvalue weighted by Gasteiger charge is 2.38. The number of ether oxygens (including phenoxy) is 2. The van der Waals surface area contributed by atoms with Crippen LogP contribution in [0.1, 0.15) is 41.4 Å². The lowest BCUT2D eigenvalue weighted by atomic mass is 10.0. The summed E-state index contributed by atoms with van der Waals surface area (Å²) in [6.07, 6.45) is 2.90. The van der Waals surface area contributed by atoms with Crippen LogP contribution < -0.4 is 4.90 Å². The van der Waals surface area contributed by atoms with Gasteiger partial charge in [-0.05, 0) is 35.7 Å². The second kappa shape index (κ2) is 8.92. The summed E-state index contributed by atoms with van der Waals surface area (Å²) < 4.78 is 10.2. The maximum Gasteiger partial charge on any atom is 0.339 e. The monoisotopic (exact) mass is 441 g/mol. The molecule has 0 bridgehead atoms. The van der Waals surface area contributed by atoms with Gasteiger partial charge in [-0.2, -0.15) is 0 Å². The highest BCUT2D eigenvalue weighted by atomic mass is 16.5. The molecule has 164 valence electrons. The molecule has 33 heavy (non-hydrogen) atoms. The number of hydrogen-bond donors (Lipinski definition) is 0. The highest BCUT2D eigenvalue weighted by molar-refractivity contribution is 6.36. The van der Waals surface area contributed by atoms with Gasteiger partial charge in [-0.3, -0.25) is 9.59 Å². The Balaban J connectivity index is 1.75. The van der Waals surface area contributed by atoms with Gasteiger partial charge in [-0.1, -0.05) is 49.6 Å². The molecule has 0 aromatic heterocycles. The molecule has 3 aromatic carbocycles. The van der Waals surface area contributed by atoms with Crippen molar-refractivity contribution in [3.05, 3.63) is 102 Å². The van der Waals surface area contributed by atoms with Crippen molar-refractivity contribution >= 4 is 40.2 Å². The number of carbonyl (C=O) groups excluding carboxylic acids is 4. The van der Waals surface area contributed by atoms with Crippen molar-refractivity contribution in [2.45, 2.75) is 0 Å². The third kappa shape index (κ3) is 3.80. The molecule has 0 saturated carbocycles. The summed E-state index contributed by atoms with van der Waals surface area (Å²) in [5.74, 6) is -2.25. The molecule has 3 aromatic rings. The van der Waals surface area contributed by atoms with E-state index < -0.39 is 23.8 Å². The van der Waals surface area contributed by atoms with E-state index in [1.807, 2.05) is 0 Å². The first-order valence-corrected chi connectivity index (χ1v) is 10.1. The lowest BCUT2D eigenvalue weighted by molar-refractivity contribution is 0.0541. The number of carbonyl (C=O) groups is 4. The van der Waals surface area contributed by atoms with Crippen molar-refractivity contribution in [2.24, 2.45) is 0 Å². The summed E-state index contributed by atoms with van der Waals surface area (Å²) >= 11 is 0. The number of fused-ring (bicyclic) bond motifs is 2. The van der Waals surface area contributed by atoms with Gasteiger partial charge < -0.3 is 9.47 Å². The molecule has 0 atom stereocenters. The Labute approximate surface area is 189 Å². The van der Waals surface area contributed by atoms with Gasteiger partial charge in [0.1, 0.15) is 13.2 Å². The predicted molar refractivity (Wildman–Crippen MR) is 122 cm³/mol. The first-order chi connectivity index (χ1) is 16.0. The Bertz CT molecular complexity index is 1340. The maximum absolute atomic E-state index is 13.2. The van der Waals surface area contributed by atoms with Crippen molar-refractivity contribution in [3.8, 4) is 0 Å². The summed E-state index contributed by atoms with van der Waals surface area (Å²) in [5, 5.41) is 1.07. The number of imide groups is 1. The van der Waals surface area contributed by atoms with Crippen LogP contribution in [0, 0.1) is 0 Å². The molecule has 0 fully saturated rings. The number of nitrogens with zero attached hydrogens (tertiary/aromatic N) is 1. The molecule has 2 amide bonds. The van der Waals surface area contributed by atoms with Crippen molar-refractivity contribution in [3.63, 3.8) is 0 Å². The van der Waals surface area contributed by atoms with E-state index in [1.165, 1.54) is 30.4 Å². The van der Waals surface area contributed by atoms with Crippen molar-refractivity contribution in [1.82, 2.24) is 0 Å². The normalized spacial score (nSPS) is 12.4. The molecule has 4 rings (SSSR count). The molecule has 0 aliphatic carbocycles. The molecule has 7 nitrogen and oxygen atoms in total. The Morgan fingerprint density at radius 3 is 2.15 bits per heavy atom. The van der Waals surface area contributed by atoms with Crippen LogP contribution in [-0.4, -0.2) is 37.0 Å². The summed E-state index contributed by atoms with van der Waals surface area (Å²) in [7, 11) is 0. The summed E-state index contributed by atoms with van der Waals surface area (Å²) in [6, 6.07) is 14.2. The van der Waals surface area contributed by atoms with Crippen LogP contribution in [0.4, 0.5) is 5.69 Å². The minimum Gasteiger partial charge on any atom is -0.458 e. The quantitative estimate of drug-likeness (QED) is 0.308.